The Morgan fingerprint density at radius 1 is 1.29 bits per heavy atom. The standard InChI is InChI=1S/C12H15Cl2NO2/c13-10-2-1-9(3-11(10)14)12-5-15-4-8(6-16)7-17-12/h1-3,8,12,15-16H,4-7H2/t8-,12?/m1/s1. The van der Waals surface area contributed by atoms with Crippen molar-refractivity contribution in [3.63, 3.8) is 0 Å². The molecule has 5 heteroatoms. The highest BCUT2D eigenvalue weighted by molar-refractivity contribution is 6.42. The van der Waals surface area contributed by atoms with E-state index in [9.17, 15) is 0 Å². The minimum absolute atomic E-state index is 0.0404. The number of rotatable bonds is 2. The van der Waals surface area contributed by atoms with E-state index in [0.29, 0.717) is 23.2 Å². The van der Waals surface area contributed by atoms with E-state index in [1.807, 2.05) is 12.1 Å². The van der Waals surface area contributed by atoms with Crippen LogP contribution < -0.4 is 5.32 Å². The fraction of sp³-hybridized carbons (Fsp3) is 0.500. The summed E-state index contributed by atoms with van der Waals surface area (Å²) in [7, 11) is 0. The van der Waals surface area contributed by atoms with Crippen LogP contribution in [0.15, 0.2) is 18.2 Å². The Labute approximate surface area is 111 Å². The van der Waals surface area contributed by atoms with E-state index < -0.39 is 0 Å². The van der Waals surface area contributed by atoms with Gasteiger partial charge in [-0.3, -0.25) is 0 Å². The predicted octanol–water partition coefficient (Wildman–Crippen LogP) is 2.26. The highest BCUT2D eigenvalue weighted by Crippen LogP contribution is 2.27. The maximum atomic E-state index is 9.09. The molecule has 1 unspecified atom stereocenters. The molecular formula is C12H15Cl2NO2. The maximum absolute atomic E-state index is 9.09. The van der Waals surface area contributed by atoms with Crippen molar-refractivity contribution in [1.82, 2.24) is 5.32 Å². The molecule has 1 aromatic carbocycles. The molecule has 0 saturated carbocycles. The smallest absolute Gasteiger partial charge is 0.0949 e. The van der Waals surface area contributed by atoms with E-state index in [4.69, 9.17) is 33.0 Å². The van der Waals surface area contributed by atoms with Gasteiger partial charge in [0, 0.05) is 25.6 Å². The van der Waals surface area contributed by atoms with Crippen molar-refractivity contribution in [2.45, 2.75) is 6.10 Å². The maximum Gasteiger partial charge on any atom is 0.0949 e. The zero-order valence-corrected chi connectivity index (χ0v) is 10.8. The van der Waals surface area contributed by atoms with Crippen LogP contribution in [0.3, 0.4) is 0 Å². The average Bonchev–Trinajstić information content (AvgIpc) is 2.58. The number of ether oxygens (including phenoxy) is 1. The van der Waals surface area contributed by atoms with E-state index in [1.165, 1.54) is 0 Å². The summed E-state index contributed by atoms with van der Waals surface area (Å²) in [4.78, 5) is 0. The minimum atomic E-state index is -0.0404. The van der Waals surface area contributed by atoms with Gasteiger partial charge in [0.2, 0.25) is 0 Å². The molecule has 1 heterocycles. The van der Waals surface area contributed by atoms with Crippen LogP contribution in [0.2, 0.25) is 10.0 Å². The summed E-state index contributed by atoms with van der Waals surface area (Å²) in [5.41, 5.74) is 1.01. The van der Waals surface area contributed by atoms with Gasteiger partial charge in [0.15, 0.2) is 0 Å². The van der Waals surface area contributed by atoms with Gasteiger partial charge in [-0.15, -0.1) is 0 Å². The second-order valence-corrected chi connectivity index (χ2v) is 5.02. The van der Waals surface area contributed by atoms with Crippen molar-refractivity contribution < 1.29 is 9.84 Å². The number of aliphatic hydroxyl groups is 1. The molecule has 2 atom stereocenters. The van der Waals surface area contributed by atoms with Gasteiger partial charge in [-0.2, -0.15) is 0 Å². The van der Waals surface area contributed by atoms with Gasteiger partial charge >= 0.3 is 0 Å². The Morgan fingerprint density at radius 2 is 2.12 bits per heavy atom. The van der Waals surface area contributed by atoms with Crippen LogP contribution in [0.5, 0.6) is 0 Å². The largest absolute Gasteiger partial charge is 0.396 e. The Hall–Kier alpha value is -0.320. The van der Waals surface area contributed by atoms with Crippen molar-refractivity contribution in [2.24, 2.45) is 5.92 Å². The second kappa shape index (κ2) is 6.03. The third-order valence-electron chi connectivity index (χ3n) is 2.87. The zero-order chi connectivity index (χ0) is 12.3. The van der Waals surface area contributed by atoms with Crippen molar-refractivity contribution >= 4 is 23.2 Å². The minimum Gasteiger partial charge on any atom is -0.396 e. The van der Waals surface area contributed by atoms with Crippen LogP contribution in [0.25, 0.3) is 0 Å². The fourth-order valence-electron chi connectivity index (χ4n) is 1.83. The lowest BCUT2D eigenvalue weighted by Crippen LogP contribution is -2.25. The van der Waals surface area contributed by atoms with Crippen molar-refractivity contribution in [2.75, 3.05) is 26.3 Å². The summed E-state index contributed by atoms with van der Waals surface area (Å²) in [5, 5.41) is 13.4. The van der Waals surface area contributed by atoms with Gasteiger partial charge in [0.1, 0.15) is 0 Å². The molecule has 0 spiro atoms. The summed E-state index contributed by atoms with van der Waals surface area (Å²) >= 11 is 11.9. The Bertz CT molecular complexity index is 387. The number of aliphatic hydroxyl groups excluding tert-OH is 1. The lowest BCUT2D eigenvalue weighted by Gasteiger charge is -2.16. The first-order valence-electron chi connectivity index (χ1n) is 5.59. The number of halogens is 2. The molecule has 1 fully saturated rings. The summed E-state index contributed by atoms with van der Waals surface area (Å²) in [5.74, 6) is 0.155. The summed E-state index contributed by atoms with van der Waals surface area (Å²) in [6, 6.07) is 5.52. The predicted molar refractivity (Wildman–Crippen MR) is 68.6 cm³/mol. The SMILES string of the molecule is OC[C@H]1CNCC(c2ccc(Cl)c(Cl)c2)OC1. The molecule has 1 saturated heterocycles. The quantitative estimate of drug-likeness (QED) is 0.870. The van der Waals surface area contributed by atoms with E-state index in [2.05, 4.69) is 5.32 Å². The van der Waals surface area contributed by atoms with E-state index in [1.54, 1.807) is 6.07 Å². The molecule has 1 aromatic rings. The molecule has 0 bridgehead atoms. The van der Waals surface area contributed by atoms with E-state index in [-0.39, 0.29) is 18.6 Å². The molecule has 0 aliphatic carbocycles. The topological polar surface area (TPSA) is 41.5 Å². The third-order valence-corrected chi connectivity index (χ3v) is 3.61. The van der Waals surface area contributed by atoms with Gasteiger partial charge < -0.3 is 15.2 Å². The molecular weight excluding hydrogens is 261 g/mol. The molecule has 1 aliphatic heterocycles. The molecule has 17 heavy (non-hydrogen) atoms. The second-order valence-electron chi connectivity index (χ2n) is 4.20. The normalized spacial score (nSPS) is 25.6. The highest BCUT2D eigenvalue weighted by atomic mass is 35.5. The van der Waals surface area contributed by atoms with Gasteiger partial charge in [-0.1, -0.05) is 29.3 Å². The molecule has 1 aliphatic rings. The Kier molecular flexibility index (Phi) is 4.65. The summed E-state index contributed by atoms with van der Waals surface area (Å²) < 4.78 is 5.76. The lowest BCUT2D eigenvalue weighted by molar-refractivity contribution is 0.0356. The van der Waals surface area contributed by atoms with Gasteiger partial charge in [-0.05, 0) is 17.7 Å². The first-order chi connectivity index (χ1) is 8.20. The van der Waals surface area contributed by atoms with Crippen LogP contribution in [0.1, 0.15) is 11.7 Å². The fourth-order valence-corrected chi connectivity index (χ4v) is 2.14. The highest BCUT2D eigenvalue weighted by Gasteiger charge is 2.20. The molecule has 2 N–H and O–H groups in total. The number of benzene rings is 1. The number of hydrogen-bond donors (Lipinski definition) is 2. The van der Waals surface area contributed by atoms with Crippen LogP contribution in [-0.4, -0.2) is 31.4 Å². The number of nitrogens with one attached hydrogen (secondary N) is 1. The zero-order valence-electron chi connectivity index (χ0n) is 9.33. The van der Waals surface area contributed by atoms with Gasteiger partial charge in [0.25, 0.3) is 0 Å². The van der Waals surface area contributed by atoms with Crippen LogP contribution in [0, 0.1) is 5.92 Å². The first-order valence-corrected chi connectivity index (χ1v) is 6.34. The Balaban J connectivity index is 2.08. The molecule has 3 nitrogen and oxygen atoms in total. The van der Waals surface area contributed by atoms with E-state index >= 15 is 0 Å². The Morgan fingerprint density at radius 3 is 2.82 bits per heavy atom. The lowest BCUT2D eigenvalue weighted by atomic mass is 10.1. The van der Waals surface area contributed by atoms with Crippen LogP contribution in [0.4, 0.5) is 0 Å². The van der Waals surface area contributed by atoms with Gasteiger partial charge in [-0.25, -0.2) is 0 Å². The molecule has 0 radical (unpaired) electrons. The van der Waals surface area contributed by atoms with Crippen LogP contribution in [-0.2, 0) is 4.74 Å². The van der Waals surface area contributed by atoms with Crippen LogP contribution >= 0.6 is 23.2 Å². The first kappa shape index (κ1) is 13.1. The monoisotopic (exact) mass is 275 g/mol. The summed E-state index contributed by atoms with van der Waals surface area (Å²) in [6.45, 7) is 2.18. The number of hydrogen-bond acceptors (Lipinski definition) is 3. The molecule has 2 rings (SSSR count). The third kappa shape index (κ3) is 3.33. The van der Waals surface area contributed by atoms with Crippen molar-refractivity contribution in [3.05, 3.63) is 33.8 Å². The van der Waals surface area contributed by atoms with Crippen molar-refractivity contribution in [3.8, 4) is 0 Å². The summed E-state index contributed by atoms with van der Waals surface area (Å²) in [6.07, 6.45) is -0.0404. The van der Waals surface area contributed by atoms with E-state index in [0.717, 1.165) is 12.1 Å². The average molecular weight is 276 g/mol. The van der Waals surface area contributed by atoms with Gasteiger partial charge in [0.05, 0.1) is 22.8 Å². The van der Waals surface area contributed by atoms with Crippen molar-refractivity contribution in [1.29, 1.82) is 0 Å². The molecule has 0 aromatic heterocycles. The molecule has 0 amide bonds. The molecule has 94 valence electrons.